The van der Waals surface area contributed by atoms with E-state index in [4.69, 9.17) is 4.74 Å². The Labute approximate surface area is 124 Å². The molecular weight excluding hydrogens is 268 g/mol. The predicted molar refractivity (Wildman–Crippen MR) is 78.7 cm³/mol. The number of hydrogen-bond donors (Lipinski definition) is 1. The van der Waals surface area contributed by atoms with Crippen molar-refractivity contribution in [3.63, 3.8) is 0 Å². The number of hydrogen-bond acceptors (Lipinski definition) is 3. The number of rotatable bonds is 3. The average Bonchev–Trinajstić information content (AvgIpc) is 2.60. The minimum absolute atomic E-state index is 0.0107. The van der Waals surface area contributed by atoms with Crippen LogP contribution < -0.4 is 5.32 Å². The van der Waals surface area contributed by atoms with Gasteiger partial charge in [-0.1, -0.05) is 18.2 Å². The van der Waals surface area contributed by atoms with E-state index in [1.165, 1.54) is 0 Å². The summed E-state index contributed by atoms with van der Waals surface area (Å²) >= 11 is 0. The summed E-state index contributed by atoms with van der Waals surface area (Å²) in [4.78, 5) is 26.1. The number of nitrogens with one attached hydrogen (secondary N) is 1. The van der Waals surface area contributed by atoms with Crippen LogP contribution >= 0.6 is 0 Å². The van der Waals surface area contributed by atoms with Crippen molar-refractivity contribution in [1.82, 2.24) is 4.90 Å². The minimum Gasteiger partial charge on any atom is -0.378 e. The molecule has 0 bridgehead atoms. The summed E-state index contributed by atoms with van der Waals surface area (Å²) in [5.74, 6) is -0.156. The topological polar surface area (TPSA) is 58.6 Å². The summed E-state index contributed by atoms with van der Waals surface area (Å²) in [5.41, 5.74) is 1.46. The fraction of sp³-hybridized carbons (Fsp3) is 0.500. The Morgan fingerprint density at radius 2 is 2.10 bits per heavy atom. The van der Waals surface area contributed by atoms with E-state index in [0.717, 1.165) is 30.5 Å². The maximum absolute atomic E-state index is 12.5. The molecule has 0 unspecified atom stereocenters. The Balaban J connectivity index is 1.76. The van der Waals surface area contributed by atoms with Gasteiger partial charge in [0.15, 0.2) is 0 Å². The van der Waals surface area contributed by atoms with Gasteiger partial charge in [0.25, 0.3) is 0 Å². The summed E-state index contributed by atoms with van der Waals surface area (Å²) in [6.45, 7) is 0.570. The van der Waals surface area contributed by atoms with E-state index >= 15 is 0 Å². The number of fused-ring (bicyclic) bond motifs is 1. The Morgan fingerprint density at radius 3 is 2.76 bits per heavy atom. The number of para-hydroxylation sites is 1. The van der Waals surface area contributed by atoms with E-state index in [2.05, 4.69) is 5.32 Å². The molecule has 1 aliphatic carbocycles. The van der Waals surface area contributed by atoms with Crippen molar-refractivity contribution in [1.29, 1.82) is 0 Å². The lowest BCUT2D eigenvalue weighted by atomic mass is 9.77. The zero-order valence-corrected chi connectivity index (χ0v) is 12.2. The van der Waals surface area contributed by atoms with Gasteiger partial charge in [0, 0.05) is 19.3 Å². The first kappa shape index (κ1) is 14.1. The molecule has 1 fully saturated rings. The van der Waals surface area contributed by atoms with Crippen LogP contribution in [0.5, 0.6) is 0 Å². The van der Waals surface area contributed by atoms with Crippen LogP contribution in [0.3, 0.4) is 0 Å². The number of methoxy groups -OCH3 is 1. The molecule has 1 N–H and O–H groups in total. The highest BCUT2D eigenvalue weighted by Gasteiger charge is 2.40. The van der Waals surface area contributed by atoms with Gasteiger partial charge >= 0.3 is 0 Å². The molecular formula is C16H20N2O3. The van der Waals surface area contributed by atoms with Crippen molar-refractivity contribution < 1.29 is 14.3 Å². The molecule has 1 aromatic carbocycles. The molecule has 5 heteroatoms. The zero-order valence-electron chi connectivity index (χ0n) is 12.2. The maximum atomic E-state index is 12.5. The lowest BCUT2D eigenvalue weighted by Gasteiger charge is -2.41. The molecule has 0 atom stereocenters. The first-order chi connectivity index (χ1) is 10.1. The minimum atomic E-state index is -0.306. The van der Waals surface area contributed by atoms with Crippen molar-refractivity contribution in [2.75, 3.05) is 19.0 Å². The third-order valence-electron chi connectivity index (χ3n) is 4.51. The summed E-state index contributed by atoms with van der Waals surface area (Å²) in [6.07, 6.45) is 3.31. The van der Waals surface area contributed by atoms with E-state index in [1.54, 1.807) is 12.0 Å². The van der Waals surface area contributed by atoms with Crippen LogP contribution in [0.25, 0.3) is 0 Å². The van der Waals surface area contributed by atoms with E-state index < -0.39 is 0 Å². The third-order valence-corrected chi connectivity index (χ3v) is 4.51. The van der Waals surface area contributed by atoms with E-state index in [0.29, 0.717) is 13.0 Å². The maximum Gasteiger partial charge on any atom is 0.244 e. The molecule has 1 aromatic rings. The molecule has 2 amide bonds. The van der Waals surface area contributed by atoms with Crippen molar-refractivity contribution in [3.05, 3.63) is 29.8 Å². The molecule has 1 aliphatic heterocycles. The second kappa shape index (κ2) is 5.48. The molecule has 0 saturated heterocycles. The number of amides is 2. The number of nitrogens with zero attached hydrogens (tertiary/aromatic N) is 1. The van der Waals surface area contributed by atoms with Crippen LogP contribution in [0.15, 0.2) is 24.3 Å². The largest absolute Gasteiger partial charge is 0.378 e. The molecule has 21 heavy (non-hydrogen) atoms. The molecule has 2 aliphatic rings. The highest BCUT2D eigenvalue weighted by Crippen LogP contribution is 2.38. The lowest BCUT2D eigenvalue weighted by Crippen LogP contribution is -2.46. The van der Waals surface area contributed by atoms with Gasteiger partial charge in [-0.2, -0.15) is 0 Å². The highest BCUT2D eigenvalue weighted by molar-refractivity contribution is 5.96. The Kier molecular flexibility index (Phi) is 3.68. The smallest absolute Gasteiger partial charge is 0.244 e. The van der Waals surface area contributed by atoms with Gasteiger partial charge in [0.2, 0.25) is 11.8 Å². The van der Waals surface area contributed by atoms with Crippen LogP contribution in [0.2, 0.25) is 0 Å². The highest BCUT2D eigenvalue weighted by atomic mass is 16.5. The third kappa shape index (κ3) is 2.78. The Bertz CT molecular complexity index is 561. The number of carbonyl (C=O) groups is 2. The average molecular weight is 288 g/mol. The molecule has 112 valence electrons. The van der Waals surface area contributed by atoms with Gasteiger partial charge in [-0.15, -0.1) is 0 Å². The van der Waals surface area contributed by atoms with E-state index in [-0.39, 0.29) is 24.0 Å². The van der Waals surface area contributed by atoms with Crippen molar-refractivity contribution in [3.8, 4) is 0 Å². The second-order valence-electron chi connectivity index (χ2n) is 5.87. The molecule has 3 rings (SSSR count). The number of anilines is 1. The van der Waals surface area contributed by atoms with Crippen molar-refractivity contribution >= 4 is 17.5 Å². The van der Waals surface area contributed by atoms with Crippen LogP contribution in [0.1, 0.15) is 31.2 Å². The van der Waals surface area contributed by atoms with Crippen LogP contribution in [-0.2, 0) is 20.9 Å². The van der Waals surface area contributed by atoms with Gasteiger partial charge in [-0.25, -0.2) is 0 Å². The zero-order chi connectivity index (χ0) is 14.9. The SMILES string of the molecule is COC1(CC(=O)N2CC(=O)Nc3ccccc3C2)CCC1. The standard InChI is InChI=1S/C16H20N2O3/c1-21-16(7-4-8-16)9-15(20)18-10-12-5-2-3-6-13(12)17-14(19)11-18/h2-3,5-6H,4,7-11H2,1H3,(H,17,19). The number of ether oxygens (including phenoxy) is 1. The summed E-state index contributed by atoms with van der Waals surface area (Å²) < 4.78 is 5.51. The van der Waals surface area contributed by atoms with E-state index in [9.17, 15) is 9.59 Å². The number of carbonyl (C=O) groups excluding carboxylic acids is 2. The predicted octanol–water partition coefficient (Wildman–Crippen LogP) is 1.93. The molecule has 0 radical (unpaired) electrons. The van der Waals surface area contributed by atoms with Gasteiger partial charge < -0.3 is 15.0 Å². The van der Waals surface area contributed by atoms with E-state index in [1.807, 2.05) is 24.3 Å². The Morgan fingerprint density at radius 1 is 1.33 bits per heavy atom. The normalized spacial score (nSPS) is 20.0. The molecule has 5 nitrogen and oxygen atoms in total. The van der Waals surface area contributed by atoms with Crippen molar-refractivity contribution in [2.24, 2.45) is 0 Å². The fourth-order valence-electron chi connectivity index (χ4n) is 2.99. The fourth-order valence-corrected chi connectivity index (χ4v) is 2.99. The quantitative estimate of drug-likeness (QED) is 0.924. The number of benzene rings is 1. The van der Waals surface area contributed by atoms with Crippen molar-refractivity contribution in [2.45, 2.75) is 37.8 Å². The summed E-state index contributed by atoms with van der Waals surface area (Å²) in [7, 11) is 1.66. The second-order valence-corrected chi connectivity index (χ2v) is 5.87. The van der Waals surface area contributed by atoms with Gasteiger partial charge in [0.05, 0.1) is 12.0 Å². The molecule has 0 spiro atoms. The van der Waals surface area contributed by atoms with Crippen LogP contribution in [0.4, 0.5) is 5.69 Å². The van der Waals surface area contributed by atoms with Crippen LogP contribution in [0, 0.1) is 0 Å². The first-order valence-electron chi connectivity index (χ1n) is 7.33. The molecule has 0 aromatic heterocycles. The van der Waals surface area contributed by atoms with Gasteiger partial charge in [0.1, 0.15) is 6.54 Å². The van der Waals surface area contributed by atoms with Gasteiger partial charge in [-0.3, -0.25) is 9.59 Å². The Hall–Kier alpha value is -1.88. The molecule has 1 heterocycles. The lowest BCUT2D eigenvalue weighted by molar-refractivity contribution is -0.146. The molecule has 1 saturated carbocycles. The first-order valence-corrected chi connectivity index (χ1v) is 7.33. The van der Waals surface area contributed by atoms with Crippen LogP contribution in [-0.4, -0.2) is 36.0 Å². The monoisotopic (exact) mass is 288 g/mol. The summed E-state index contributed by atoms with van der Waals surface area (Å²) in [6, 6.07) is 7.60. The van der Waals surface area contributed by atoms with Gasteiger partial charge in [-0.05, 0) is 30.9 Å². The summed E-state index contributed by atoms with van der Waals surface area (Å²) in [5, 5.41) is 2.85.